The summed E-state index contributed by atoms with van der Waals surface area (Å²) in [4.78, 5) is 22.1. The molecule has 2 N–H and O–H groups in total. The predicted molar refractivity (Wildman–Crippen MR) is 71.5 cm³/mol. The van der Waals surface area contributed by atoms with E-state index in [1.807, 2.05) is 0 Å². The van der Waals surface area contributed by atoms with Gasteiger partial charge in [-0.2, -0.15) is 0 Å². The Morgan fingerprint density at radius 2 is 1.72 bits per heavy atom. The molecule has 8 heteroatoms. The second-order valence-corrected chi connectivity index (χ2v) is 4.61. The van der Waals surface area contributed by atoms with Gasteiger partial charge in [-0.25, -0.2) is 4.79 Å². The van der Waals surface area contributed by atoms with Crippen LogP contribution in [0.15, 0.2) is 28.3 Å². The first-order chi connectivity index (χ1) is 8.32. The molecule has 0 aliphatic carbocycles. The van der Waals surface area contributed by atoms with Crippen LogP contribution in [0.3, 0.4) is 0 Å². The molecule has 0 bridgehead atoms. The molecule has 0 saturated carbocycles. The number of carboxylic acid groups (broad SMARTS) is 1. The Morgan fingerprint density at radius 1 is 1.11 bits per heavy atom. The van der Waals surface area contributed by atoms with Gasteiger partial charge in [-0.1, -0.05) is 46.4 Å². The zero-order valence-corrected chi connectivity index (χ0v) is 11.5. The molecular formula is C10H5Cl4NO3. The van der Waals surface area contributed by atoms with E-state index >= 15 is 0 Å². The molecule has 0 aliphatic rings. The first-order valence-electron chi connectivity index (χ1n) is 4.38. The predicted octanol–water partition coefficient (Wildman–Crippen LogP) is 3.71. The van der Waals surface area contributed by atoms with Crippen LogP contribution in [0, 0.1) is 0 Å². The highest BCUT2D eigenvalue weighted by Crippen LogP contribution is 2.26. The van der Waals surface area contributed by atoms with Crippen LogP contribution in [0.5, 0.6) is 0 Å². The van der Waals surface area contributed by atoms with Crippen molar-refractivity contribution in [1.29, 1.82) is 0 Å². The topological polar surface area (TPSA) is 66.4 Å². The standard InChI is InChI=1S/C10H5Cl4NO3/c11-4-1-2-6(5(12)3-4)15-9(16)7(13)8(14)10(17)18/h1-3H,(H,15,16)(H,17,18)/b8-7+. The largest absolute Gasteiger partial charge is 0.477 e. The summed E-state index contributed by atoms with van der Waals surface area (Å²) >= 11 is 22.3. The summed E-state index contributed by atoms with van der Waals surface area (Å²) in [5.74, 6) is -2.38. The molecule has 4 nitrogen and oxygen atoms in total. The van der Waals surface area contributed by atoms with E-state index in [9.17, 15) is 9.59 Å². The number of halogens is 4. The molecule has 0 spiro atoms. The first-order valence-corrected chi connectivity index (χ1v) is 5.89. The molecule has 1 rings (SSSR count). The van der Waals surface area contributed by atoms with Gasteiger partial charge in [0.2, 0.25) is 0 Å². The summed E-state index contributed by atoms with van der Waals surface area (Å²) in [6.07, 6.45) is 0. The molecule has 18 heavy (non-hydrogen) atoms. The number of amides is 1. The van der Waals surface area contributed by atoms with E-state index in [0.29, 0.717) is 5.02 Å². The Kier molecular flexibility index (Phi) is 5.28. The van der Waals surface area contributed by atoms with Crippen molar-refractivity contribution >= 4 is 64.0 Å². The van der Waals surface area contributed by atoms with Crippen LogP contribution in [0.2, 0.25) is 10.0 Å². The number of hydrogen-bond acceptors (Lipinski definition) is 2. The van der Waals surface area contributed by atoms with Crippen molar-refractivity contribution < 1.29 is 14.7 Å². The third-order valence-electron chi connectivity index (χ3n) is 1.76. The van der Waals surface area contributed by atoms with Crippen LogP contribution >= 0.6 is 46.4 Å². The molecule has 0 unspecified atom stereocenters. The summed E-state index contributed by atoms with van der Waals surface area (Å²) in [6, 6.07) is 4.36. The molecule has 0 heterocycles. The molecule has 0 fully saturated rings. The van der Waals surface area contributed by atoms with E-state index in [1.54, 1.807) is 0 Å². The summed E-state index contributed by atoms with van der Waals surface area (Å²) in [6.45, 7) is 0. The highest BCUT2D eigenvalue weighted by Gasteiger charge is 2.18. The highest BCUT2D eigenvalue weighted by atomic mass is 35.5. The monoisotopic (exact) mass is 327 g/mol. The van der Waals surface area contributed by atoms with Gasteiger partial charge in [0.25, 0.3) is 5.91 Å². The Labute approximate surface area is 122 Å². The lowest BCUT2D eigenvalue weighted by Gasteiger charge is -2.07. The van der Waals surface area contributed by atoms with E-state index in [1.165, 1.54) is 18.2 Å². The molecule has 0 aromatic heterocycles. The minimum Gasteiger partial charge on any atom is -0.477 e. The Bertz CT molecular complexity index is 542. The molecule has 1 amide bonds. The fourth-order valence-corrected chi connectivity index (χ4v) is 1.63. The second kappa shape index (κ2) is 6.29. The van der Waals surface area contributed by atoms with Crippen LogP contribution in [0.1, 0.15) is 0 Å². The molecule has 0 saturated heterocycles. The Morgan fingerprint density at radius 3 is 2.22 bits per heavy atom. The fourth-order valence-electron chi connectivity index (χ4n) is 0.962. The van der Waals surface area contributed by atoms with Gasteiger partial charge < -0.3 is 10.4 Å². The smallest absolute Gasteiger partial charge is 0.349 e. The lowest BCUT2D eigenvalue weighted by atomic mass is 10.3. The van der Waals surface area contributed by atoms with Crippen LogP contribution in [-0.4, -0.2) is 17.0 Å². The van der Waals surface area contributed by atoms with Crippen LogP contribution in [0.25, 0.3) is 0 Å². The molecule has 0 radical (unpaired) electrons. The van der Waals surface area contributed by atoms with Crippen molar-refractivity contribution in [1.82, 2.24) is 0 Å². The van der Waals surface area contributed by atoms with Gasteiger partial charge in [-0.3, -0.25) is 4.79 Å². The van der Waals surface area contributed by atoms with Crippen molar-refractivity contribution in [3.8, 4) is 0 Å². The third kappa shape index (κ3) is 3.78. The van der Waals surface area contributed by atoms with Gasteiger partial charge >= 0.3 is 5.97 Å². The van der Waals surface area contributed by atoms with Crippen molar-refractivity contribution in [3.05, 3.63) is 38.3 Å². The number of nitrogens with one attached hydrogen (secondary N) is 1. The fraction of sp³-hybridized carbons (Fsp3) is 0. The average Bonchev–Trinajstić information content (AvgIpc) is 2.30. The summed E-state index contributed by atoms with van der Waals surface area (Å²) in [5, 5.41) is 10.0. The molecular weight excluding hydrogens is 324 g/mol. The van der Waals surface area contributed by atoms with Crippen LogP contribution in [-0.2, 0) is 9.59 Å². The van der Waals surface area contributed by atoms with Crippen molar-refractivity contribution in [2.45, 2.75) is 0 Å². The summed E-state index contributed by atoms with van der Waals surface area (Å²) in [7, 11) is 0. The van der Waals surface area contributed by atoms with E-state index in [-0.39, 0.29) is 10.7 Å². The number of benzene rings is 1. The molecule has 0 aliphatic heterocycles. The number of aliphatic carboxylic acids is 1. The SMILES string of the molecule is O=C(O)/C(Cl)=C(\Cl)C(=O)Nc1ccc(Cl)cc1Cl. The molecule has 1 aromatic rings. The van der Waals surface area contributed by atoms with Crippen LogP contribution < -0.4 is 5.32 Å². The van der Waals surface area contributed by atoms with Gasteiger partial charge in [0, 0.05) is 5.02 Å². The first kappa shape index (κ1) is 15.1. The third-order valence-corrected chi connectivity index (χ3v) is 3.11. The van der Waals surface area contributed by atoms with Gasteiger partial charge in [-0.15, -0.1) is 0 Å². The van der Waals surface area contributed by atoms with E-state index < -0.39 is 21.9 Å². The van der Waals surface area contributed by atoms with Gasteiger partial charge in [0.15, 0.2) is 0 Å². The maximum atomic E-state index is 11.6. The van der Waals surface area contributed by atoms with Crippen molar-refractivity contribution in [3.63, 3.8) is 0 Å². The number of carbonyl (C=O) groups excluding carboxylic acids is 1. The number of hydrogen-bond donors (Lipinski definition) is 2. The zero-order chi connectivity index (χ0) is 13.9. The minimum absolute atomic E-state index is 0.187. The van der Waals surface area contributed by atoms with Gasteiger partial charge in [0.1, 0.15) is 10.1 Å². The number of carbonyl (C=O) groups is 2. The Balaban J connectivity index is 2.95. The van der Waals surface area contributed by atoms with E-state index in [4.69, 9.17) is 51.5 Å². The number of rotatable bonds is 3. The normalized spacial score (nSPS) is 11.8. The average molecular weight is 329 g/mol. The lowest BCUT2D eigenvalue weighted by molar-refractivity contribution is -0.132. The second-order valence-electron chi connectivity index (χ2n) is 3.01. The van der Waals surface area contributed by atoms with Gasteiger partial charge in [-0.05, 0) is 18.2 Å². The Hall–Kier alpha value is -0.940. The van der Waals surface area contributed by atoms with Crippen LogP contribution in [0.4, 0.5) is 5.69 Å². The lowest BCUT2D eigenvalue weighted by Crippen LogP contribution is -2.14. The molecule has 96 valence electrons. The molecule has 1 aromatic carbocycles. The van der Waals surface area contributed by atoms with E-state index in [2.05, 4.69) is 5.32 Å². The number of anilines is 1. The van der Waals surface area contributed by atoms with E-state index in [0.717, 1.165) is 0 Å². The van der Waals surface area contributed by atoms with Crippen molar-refractivity contribution in [2.75, 3.05) is 5.32 Å². The minimum atomic E-state index is -1.50. The maximum absolute atomic E-state index is 11.6. The zero-order valence-electron chi connectivity index (χ0n) is 8.51. The van der Waals surface area contributed by atoms with Crippen molar-refractivity contribution in [2.24, 2.45) is 0 Å². The summed E-state index contributed by atoms with van der Waals surface area (Å²) < 4.78 is 0. The molecule has 0 atom stereocenters. The maximum Gasteiger partial charge on any atom is 0.349 e. The van der Waals surface area contributed by atoms with Gasteiger partial charge in [0.05, 0.1) is 10.7 Å². The highest BCUT2D eigenvalue weighted by molar-refractivity contribution is 6.54. The summed E-state index contributed by atoms with van der Waals surface area (Å²) in [5.41, 5.74) is 0.235. The quantitative estimate of drug-likeness (QED) is 0.831. The number of carboxylic acids is 1.